The number of rotatable bonds is 0. The molecule has 1 nitrogen and oxygen atoms in total. The van der Waals surface area contributed by atoms with Gasteiger partial charge in [0.15, 0.2) is 0 Å². The quantitative estimate of drug-likeness (QED) is 0.360. The van der Waals surface area contributed by atoms with Gasteiger partial charge in [0.2, 0.25) is 0 Å². The van der Waals surface area contributed by atoms with Crippen molar-refractivity contribution in [2.75, 3.05) is 0 Å². The maximum absolute atomic E-state index is 9.75. The molecule has 1 heterocycles. The molecule has 0 saturated carbocycles. The van der Waals surface area contributed by atoms with Crippen molar-refractivity contribution in [2.45, 2.75) is 20.8 Å². The Bertz CT molecular complexity index is 241. The average Bonchev–Trinajstić information content (AvgIpc) is 1.77. The predicted molar refractivity (Wildman–Crippen MR) is 47.5 cm³/mol. The lowest BCUT2D eigenvalue weighted by atomic mass is 10.2. The van der Waals surface area contributed by atoms with Crippen LogP contribution in [0.4, 0.5) is 17.3 Å². The van der Waals surface area contributed by atoms with Crippen molar-refractivity contribution in [3.63, 3.8) is 0 Å². The third kappa shape index (κ3) is 9.03. The second kappa shape index (κ2) is 4.98. The molecule has 14 heavy (non-hydrogen) atoms. The standard InChI is InChI=1S/C8H11O.BF4/c1-6-4-7(2)9-8(3)5-6;2-1(3,4)5/h4-5H,1-3H3;/q+1;-1. The molecule has 1 rings (SSSR count). The van der Waals surface area contributed by atoms with Crippen LogP contribution in [0.5, 0.6) is 0 Å². The Kier molecular flexibility index (Phi) is 4.60. The number of halogens is 4. The Morgan fingerprint density at radius 2 is 1.21 bits per heavy atom. The molecule has 0 aliphatic heterocycles. The fourth-order valence-electron chi connectivity index (χ4n) is 0.996. The zero-order chi connectivity index (χ0) is 11.4. The van der Waals surface area contributed by atoms with Crippen molar-refractivity contribution in [1.29, 1.82) is 0 Å². The second-order valence-electron chi connectivity index (χ2n) is 2.85. The highest BCUT2D eigenvalue weighted by Gasteiger charge is 2.20. The maximum Gasteiger partial charge on any atom is 0.673 e. The molecule has 0 aliphatic rings. The van der Waals surface area contributed by atoms with Crippen LogP contribution in [-0.2, 0) is 0 Å². The molecule has 0 N–H and O–H groups in total. The Labute approximate surface area is 79.9 Å². The van der Waals surface area contributed by atoms with Crippen molar-refractivity contribution in [3.8, 4) is 0 Å². The van der Waals surface area contributed by atoms with Gasteiger partial charge in [0.05, 0.1) is 13.8 Å². The summed E-state index contributed by atoms with van der Waals surface area (Å²) in [4.78, 5) is 0. The van der Waals surface area contributed by atoms with Crippen LogP contribution in [0, 0.1) is 20.8 Å². The van der Waals surface area contributed by atoms with Crippen LogP contribution in [-0.4, -0.2) is 7.25 Å². The highest BCUT2D eigenvalue weighted by Crippen LogP contribution is 2.07. The van der Waals surface area contributed by atoms with E-state index in [0.29, 0.717) is 0 Å². The van der Waals surface area contributed by atoms with Crippen molar-refractivity contribution in [1.82, 2.24) is 0 Å². The van der Waals surface area contributed by atoms with E-state index in [-0.39, 0.29) is 0 Å². The smallest absolute Gasteiger partial charge is 0.418 e. The van der Waals surface area contributed by atoms with Crippen LogP contribution in [0.1, 0.15) is 17.1 Å². The number of hydrogen-bond acceptors (Lipinski definition) is 0. The van der Waals surface area contributed by atoms with Crippen LogP contribution in [0.2, 0.25) is 0 Å². The van der Waals surface area contributed by atoms with Crippen LogP contribution in [0.15, 0.2) is 16.5 Å². The van der Waals surface area contributed by atoms with Crippen molar-refractivity contribution < 1.29 is 21.7 Å². The van der Waals surface area contributed by atoms with Gasteiger partial charge in [-0.2, -0.15) is 0 Å². The van der Waals surface area contributed by atoms with E-state index in [1.165, 1.54) is 5.56 Å². The molecule has 0 atom stereocenters. The lowest BCUT2D eigenvalue weighted by Gasteiger charge is -1.94. The third-order valence-corrected chi connectivity index (χ3v) is 1.18. The normalized spacial score (nSPS) is 10.5. The molecule has 80 valence electrons. The zero-order valence-corrected chi connectivity index (χ0v) is 8.15. The first-order valence-corrected chi connectivity index (χ1v) is 3.94. The van der Waals surface area contributed by atoms with Crippen LogP contribution in [0.3, 0.4) is 0 Å². The van der Waals surface area contributed by atoms with Gasteiger partial charge < -0.3 is 17.3 Å². The lowest BCUT2D eigenvalue weighted by Crippen LogP contribution is -2.02. The molecule has 0 unspecified atom stereocenters. The molecule has 0 fully saturated rings. The zero-order valence-electron chi connectivity index (χ0n) is 8.15. The largest absolute Gasteiger partial charge is 0.673 e. The molecular formula is C8H11BF4O. The summed E-state index contributed by atoms with van der Waals surface area (Å²) in [7, 11) is -6.00. The van der Waals surface area contributed by atoms with Crippen molar-refractivity contribution in [2.24, 2.45) is 0 Å². The third-order valence-electron chi connectivity index (χ3n) is 1.18. The van der Waals surface area contributed by atoms with E-state index < -0.39 is 7.25 Å². The predicted octanol–water partition coefficient (Wildman–Crippen LogP) is 3.79. The molecule has 1 aromatic heterocycles. The average molecular weight is 210 g/mol. The molecule has 1 aromatic rings. The van der Waals surface area contributed by atoms with Crippen LogP contribution >= 0.6 is 0 Å². The summed E-state index contributed by atoms with van der Waals surface area (Å²) in [5, 5.41) is 0. The fourth-order valence-corrected chi connectivity index (χ4v) is 0.996. The van der Waals surface area contributed by atoms with E-state index in [9.17, 15) is 17.3 Å². The monoisotopic (exact) mass is 210 g/mol. The maximum atomic E-state index is 9.75. The molecule has 0 spiro atoms. The Hall–Kier alpha value is -1.07. The van der Waals surface area contributed by atoms with E-state index >= 15 is 0 Å². The van der Waals surface area contributed by atoms with Gasteiger partial charge >= 0.3 is 18.8 Å². The van der Waals surface area contributed by atoms with Gasteiger partial charge in [0.25, 0.3) is 0 Å². The fraction of sp³-hybridized carbons (Fsp3) is 0.375. The van der Waals surface area contributed by atoms with Crippen molar-refractivity contribution in [3.05, 3.63) is 29.2 Å². The van der Waals surface area contributed by atoms with Gasteiger partial charge in [-0.25, -0.2) is 4.42 Å². The topological polar surface area (TPSA) is 11.3 Å². The Balaban J connectivity index is 0.000000292. The number of aryl methyl sites for hydroxylation is 3. The van der Waals surface area contributed by atoms with Gasteiger partial charge in [-0.3, -0.25) is 0 Å². The van der Waals surface area contributed by atoms with E-state index in [2.05, 4.69) is 6.92 Å². The Morgan fingerprint density at radius 1 is 0.929 bits per heavy atom. The number of hydrogen-bond donors (Lipinski definition) is 0. The van der Waals surface area contributed by atoms with Crippen LogP contribution in [0.25, 0.3) is 0 Å². The molecule has 0 aliphatic carbocycles. The van der Waals surface area contributed by atoms with E-state index in [4.69, 9.17) is 4.42 Å². The first kappa shape index (κ1) is 12.9. The summed E-state index contributed by atoms with van der Waals surface area (Å²) in [6, 6.07) is 4.04. The molecular weight excluding hydrogens is 199 g/mol. The van der Waals surface area contributed by atoms with E-state index in [1.54, 1.807) is 0 Å². The summed E-state index contributed by atoms with van der Waals surface area (Å²) in [5.41, 5.74) is 1.26. The second-order valence-corrected chi connectivity index (χ2v) is 2.85. The first-order valence-electron chi connectivity index (χ1n) is 3.94. The minimum atomic E-state index is -6.00. The molecule has 0 radical (unpaired) electrons. The van der Waals surface area contributed by atoms with E-state index in [0.717, 1.165) is 11.5 Å². The lowest BCUT2D eigenvalue weighted by molar-refractivity contribution is 0.368. The van der Waals surface area contributed by atoms with E-state index in [1.807, 2.05) is 26.0 Å². The summed E-state index contributed by atoms with van der Waals surface area (Å²) < 4.78 is 44.3. The van der Waals surface area contributed by atoms with Gasteiger partial charge in [0, 0.05) is 12.1 Å². The summed E-state index contributed by atoms with van der Waals surface area (Å²) in [6.45, 7) is 5.98. The summed E-state index contributed by atoms with van der Waals surface area (Å²) in [6.07, 6.45) is 0. The molecule has 6 heteroatoms. The first-order chi connectivity index (χ1) is 6.18. The van der Waals surface area contributed by atoms with Crippen molar-refractivity contribution >= 4 is 7.25 Å². The highest BCUT2D eigenvalue weighted by atomic mass is 19.5. The molecule has 0 saturated heterocycles. The molecule has 0 amide bonds. The minimum absolute atomic E-state index is 0.979. The van der Waals surface area contributed by atoms with Gasteiger partial charge in [-0.05, 0) is 12.5 Å². The molecule has 0 bridgehead atoms. The van der Waals surface area contributed by atoms with Crippen LogP contribution < -0.4 is 0 Å². The van der Waals surface area contributed by atoms with Gasteiger partial charge in [-0.15, -0.1) is 0 Å². The van der Waals surface area contributed by atoms with Gasteiger partial charge in [0.1, 0.15) is 0 Å². The molecule has 0 aromatic carbocycles. The van der Waals surface area contributed by atoms with Gasteiger partial charge in [-0.1, -0.05) is 0 Å². The SMILES string of the molecule is Cc1cc(C)[o+]c(C)c1.F[B-](F)(F)F. The summed E-state index contributed by atoms with van der Waals surface area (Å²) >= 11 is 0. The Morgan fingerprint density at radius 3 is 1.43 bits per heavy atom. The highest BCUT2D eigenvalue weighted by molar-refractivity contribution is 6.50. The minimum Gasteiger partial charge on any atom is -0.418 e. The summed E-state index contributed by atoms with van der Waals surface area (Å²) in [5.74, 6) is 1.96.